The van der Waals surface area contributed by atoms with Crippen LogP contribution in [0.3, 0.4) is 0 Å². The van der Waals surface area contributed by atoms with Crippen molar-refractivity contribution in [2.24, 2.45) is 0 Å². The number of benzene rings is 1. The molecule has 0 N–H and O–H groups in total. The fraction of sp³-hybridized carbons (Fsp3) is 0.286. The molecule has 116 valence electrons. The van der Waals surface area contributed by atoms with E-state index in [1.165, 1.54) is 0 Å². The highest BCUT2D eigenvalue weighted by Crippen LogP contribution is 2.30. The third-order valence-corrected chi connectivity index (χ3v) is 6.52. The van der Waals surface area contributed by atoms with Gasteiger partial charge < -0.3 is 4.90 Å². The molecular formula is C14H13Cl2N3O2S. The molecule has 8 heteroatoms. The molecule has 1 atom stereocenters. The van der Waals surface area contributed by atoms with E-state index in [-0.39, 0.29) is 15.2 Å². The van der Waals surface area contributed by atoms with Crippen LogP contribution in [0, 0.1) is 0 Å². The molecule has 2 heterocycles. The van der Waals surface area contributed by atoms with Crippen LogP contribution in [0.1, 0.15) is 6.42 Å². The fourth-order valence-corrected chi connectivity index (χ4v) is 4.91. The molecule has 0 amide bonds. The molecule has 1 fully saturated rings. The van der Waals surface area contributed by atoms with Gasteiger partial charge in [0.2, 0.25) is 5.28 Å². The molecule has 0 unspecified atom stereocenters. The van der Waals surface area contributed by atoms with Crippen molar-refractivity contribution in [2.45, 2.75) is 16.6 Å². The van der Waals surface area contributed by atoms with Crippen molar-refractivity contribution in [3.8, 4) is 0 Å². The van der Waals surface area contributed by atoms with E-state index in [0.29, 0.717) is 25.3 Å². The van der Waals surface area contributed by atoms with Gasteiger partial charge >= 0.3 is 0 Å². The minimum atomic E-state index is -3.47. The van der Waals surface area contributed by atoms with E-state index in [1.807, 2.05) is 4.90 Å². The number of nitrogens with zero attached hydrogens (tertiary/aromatic N) is 3. The summed E-state index contributed by atoms with van der Waals surface area (Å²) >= 11 is 11.8. The lowest BCUT2D eigenvalue weighted by Gasteiger charge is -2.17. The number of hydrogen-bond acceptors (Lipinski definition) is 5. The van der Waals surface area contributed by atoms with Gasteiger partial charge in [-0.15, -0.1) is 0 Å². The quantitative estimate of drug-likeness (QED) is 0.790. The summed E-state index contributed by atoms with van der Waals surface area (Å²) in [7, 11) is -3.47. The predicted octanol–water partition coefficient (Wildman–Crippen LogP) is 2.84. The third-order valence-electron chi connectivity index (χ3n) is 3.66. The minimum Gasteiger partial charge on any atom is -0.355 e. The van der Waals surface area contributed by atoms with Crippen LogP contribution in [0.2, 0.25) is 10.3 Å². The Bertz CT molecular complexity index is 798. The highest BCUT2D eigenvalue weighted by atomic mass is 35.5. The van der Waals surface area contributed by atoms with E-state index in [0.717, 1.165) is 0 Å². The number of halogens is 2. The molecule has 3 rings (SSSR count). The molecule has 0 bridgehead atoms. The van der Waals surface area contributed by atoms with Crippen molar-refractivity contribution < 1.29 is 8.42 Å². The van der Waals surface area contributed by atoms with Crippen molar-refractivity contribution in [1.29, 1.82) is 0 Å². The van der Waals surface area contributed by atoms with Crippen LogP contribution < -0.4 is 4.90 Å². The maximum atomic E-state index is 12.7. The molecule has 1 aromatic carbocycles. The number of sulfone groups is 1. The Kier molecular flexibility index (Phi) is 4.25. The molecule has 5 nitrogen and oxygen atoms in total. The zero-order valence-corrected chi connectivity index (χ0v) is 13.8. The summed E-state index contributed by atoms with van der Waals surface area (Å²) in [4.78, 5) is 10.0. The summed E-state index contributed by atoms with van der Waals surface area (Å²) in [5.74, 6) is 0.636. The molecule has 1 aliphatic rings. The number of rotatable bonds is 3. The fourth-order valence-electron chi connectivity index (χ4n) is 2.55. The van der Waals surface area contributed by atoms with Crippen LogP contribution in [-0.2, 0) is 9.84 Å². The van der Waals surface area contributed by atoms with E-state index in [9.17, 15) is 8.42 Å². The highest BCUT2D eigenvalue weighted by Gasteiger charge is 2.35. The predicted molar refractivity (Wildman–Crippen MR) is 86.3 cm³/mol. The second kappa shape index (κ2) is 6.02. The SMILES string of the molecule is O=S(=O)(c1ccccc1Cl)[C@H]1CCN(c2ccnc(Cl)n2)C1. The first-order valence-corrected chi connectivity index (χ1v) is 9.00. The molecular weight excluding hydrogens is 345 g/mol. The van der Waals surface area contributed by atoms with E-state index >= 15 is 0 Å². The van der Waals surface area contributed by atoms with Crippen LogP contribution in [0.5, 0.6) is 0 Å². The first-order valence-electron chi connectivity index (χ1n) is 6.70. The molecule has 0 saturated carbocycles. The summed E-state index contributed by atoms with van der Waals surface area (Å²) < 4.78 is 25.5. The van der Waals surface area contributed by atoms with Gasteiger partial charge in [-0.05, 0) is 36.2 Å². The molecule has 1 aliphatic heterocycles. The van der Waals surface area contributed by atoms with Gasteiger partial charge in [0.25, 0.3) is 0 Å². The number of hydrogen-bond donors (Lipinski definition) is 0. The maximum Gasteiger partial charge on any atom is 0.224 e. The molecule has 22 heavy (non-hydrogen) atoms. The van der Waals surface area contributed by atoms with Crippen LogP contribution in [-0.4, -0.2) is 36.7 Å². The van der Waals surface area contributed by atoms with E-state index in [1.54, 1.807) is 36.5 Å². The van der Waals surface area contributed by atoms with E-state index in [2.05, 4.69) is 9.97 Å². The average Bonchev–Trinajstić information content (AvgIpc) is 2.98. The molecule has 1 aromatic heterocycles. The standard InChI is InChI=1S/C14H13Cl2N3O2S/c15-11-3-1-2-4-12(11)22(20,21)10-6-8-19(9-10)13-5-7-17-14(16)18-13/h1-5,7,10H,6,8-9H2/t10-/m0/s1. The Morgan fingerprint density at radius 1 is 1.18 bits per heavy atom. The van der Waals surface area contributed by atoms with Gasteiger partial charge in [-0.1, -0.05) is 23.7 Å². The third kappa shape index (κ3) is 2.91. The van der Waals surface area contributed by atoms with Crippen LogP contribution in [0.25, 0.3) is 0 Å². The highest BCUT2D eigenvalue weighted by molar-refractivity contribution is 7.92. The minimum absolute atomic E-state index is 0.148. The first kappa shape index (κ1) is 15.5. The Balaban J connectivity index is 1.85. The lowest BCUT2D eigenvalue weighted by atomic mass is 10.4. The van der Waals surface area contributed by atoms with Gasteiger partial charge in [0.1, 0.15) is 5.82 Å². The smallest absolute Gasteiger partial charge is 0.224 e. The van der Waals surface area contributed by atoms with Gasteiger partial charge in [0.05, 0.1) is 15.2 Å². The summed E-state index contributed by atoms with van der Waals surface area (Å²) in [5, 5.41) is -0.109. The van der Waals surface area contributed by atoms with Gasteiger partial charge in [-0.25, -0.2) is 18.4 Å². The molecule has 0 aliphatic carbocycles. The second-order valence-electron chi connectivity index (χ2n) is 5.02. The topological polar surface area (TPSA) is 63.2 Å². The molecule has 2 aromatic rings. The summed E-state index contributed by atoms with van der Waals surface area (Å²) in [6.07, 6.45) is 2.08. The maximum absolute atomic E-state index is 12.7. The lowest BCUT2D eigenvalue weighted by molar-refractivity contribution is 0.583. The van der Waals surface area contributed by atoms with Crippen molar-refractivity contribution in [3.05, 3.63) is 46.8 Å². The lowest BCUT2D eigenvalue weighted by Crippen LogP contribution is -2.27. The summed E-state index contributed by atoms with van der Waals surface area (Å²) in [6.45, 7) is 0.961. The number of aromatic nitrogens is 2. The van der Waals surface area contributed by atoms with Gasteiger partial charge in [0, 0.05) is 19.3 Å². The monoisotopic (exact) mass is 357 g/mol. The van der Waals surface area contributed by atoms with Crippen LogP contribution in [0.4, 0.5) is 5.82 Å². The largest absolute Gasteiger partial charge is 0.355 e. The molecule has 0 radical (unpaired) electrons. The van der Waals surface area contributed by atoms with E-state index in [4.69, 9.17) is 23.2 Å². The number of anilines is 1. The molecule has 0 spiro atoms. The average molecular weight is 358 g/mol. The Morgan fingerprint density at radius 2 is 1.95 bits per heavy atom. The van der Waals surface area contributed by atoms with Crippen LogP contribution >= 0.6 is 23.2 Å². The van der Waals surface area contributed by atoms with Gasteiger partial charge in [-0.3, -0.25) is 0 Å². The second-order valence-corrected chi connectivity index (χ2v) is 7.96. The zero-order valence-electron chi connectivity index (χ0n) is 11.5. The van der Waals surface area contributed by atoms with Crippen molar-refractivity contribution >= 4 is 38.9 Å². The van der Waals surface area contributed by atoms with E-state index < -0.39 is 15.1 Å². The van der Waals surface area contributed by atoms with Crippen LogP contribution in [0.15, 0.2) is 41.4 Å². The summed E-state index contributed by atoms with van der Waals surface area (Å²) in [5.41, 5.74) is 0. The van der Waals surface area contributed by atoms with Crippen molar-refractivity contribution in [1.82, 2.24) is 9.97 Å². The Hall–Kier alpha value is -1.37. The zero-order chi connectivity index (χ0) is 15.7. The summed E-state index contributed by atoms with van der Waals surface area (Å²) in [6, 6.07) is 8.24. The van der Waals surface area contributed by atoms with Gasteiger partial charge in [-0.2, -0.15) is 0 Å². The van der Waals surface area contributed by atoms with Gasteiger partial charge in [0.15, 0.2) is 9.84 Å². The first-order chi connectivity index (χ1) is 10.5. The van der Waals surface area contributed by atoms with Crippen molar-refractivity contribution in [2.75, 3.05) is 18.0 Å². The Labute approximate surface area is 138 Å². The molecule has 1 saturated heterocycles. The van der Waals surface area contributed by atoms with Crippen molar-refractivity contribution in [3.63, 3.8) is 0 Å². The Morgan fingerprint density at radius 3 is 2.68 bits per heavy atom. The normalized spacial score (nSPS) is 18.6.